The summed E-state index contributed by atoms with van der Waals surface area (Å²) in [7, 11) is 8.52. The zero-order valence-electron chi connectivity index (χ0n) is 43.6. The van der Waals surface area contributed by atoms with Crippen LogP contribution in [0.2, 0.25) is 0 Å². The Bertz CT molecular complexity index is 1870. The highest BCUT2D eigenvalue weighted by Gasteiger charge is 2.43. The van der Waals surface area contributed by atoms with Gasteiger partial charge in [-0.3, -0.25) is 33.7 Å². The molecule has 2 aliphatic heterocycles. The summed E-state index contributed by atoms with van der Waals surface area (Å²) in [6.07, 6.45) is 2.35. The smallest absolute Gasteiger partial charge is 0.408 e. The van der Waals surface area contributed by atoms with Crippen LogP contribution in [0.1, 0.15) is 113 Å². The molecule has 7 amide bonds. The van der Waals surface area contributed by atoms with Crippen molar-refractivity contribution in [2.75, 3.05) is 60.3 Å². The summed E-state index contributed by atoms with van der Waals surface area (Å²) in [5, 5.41) is 10.9. The van der Waals surface area contributed by atoms with Crippen molar-refractivity contribution >= 4 is 47.2 Å². The van der Waals surface area contributed by atoms with Gasteiger partial charge in [0.05, 0.1) is 42.7 Å². The lowest BCUT2D eigenvalue weighted by Crippen LogP contribution is -2.59. The van der Waals surface area contributed by atoms with Crippen LogP contribution in [0.4, 0.5) is 10.5 Å². The average Bonchev–Trinajstić information content (AvgIpc) is 3.95. The van der Waals surface area contributed by atoms with E-state index in [0.29, 0.717) is 31.6 Å². The number of nitrogens with zero attached hydrogens (tertiary/aromatic N) is 4. The van der Waals surface area contributed by atoms with Gasteiger partial charge in [0.2, 0.25) is 35.4 Å². The first-order chi connectivity index (χ1) is 31.8. The van der Waals surface area contributed by atoms with Crippen molar-refractivity contribution in [3.63, 3.8) is 0 Å². The van der Waals surface area contributed by atoms with Gasteiger partial charge >= 0.3 is 6.09 Å². The molecule has 10 atom stereocenters. The van der Waals surface area contributed by atoms with E-state index in [2.05, 4.69) is 21.3 Å². The van der Waals surface area contributed by atoms with Crippen LogP contribution >= 0.6 is 0 Å². The zero-order valence-corrected chi connectivity index (χ0v) is 43.6. The first kappa shape index (κ1) is 57.5. The maximum Gasteiger partial charge on any atom is 0.408 e. The third-order valence-corrected chi connectivity index (χ3v) is 13.5. The minimum atomic E-state index is -0.937. The van der Waals surface area contributed by atoms with Gasteiger partial charge in [-0.05, 0) is 110 Å². The normalized spacial score (nSPS) is 20.0. The number of likely N-dealkylation sites (tertiary alicyclic amines) is 2. The molecule has 0 unspecified atom stereocenters. The van der Waals surface area contributed by atoms with Gasteiger partial charge in [0.25, 0.3) is 0 Å². The summed E-state index contributed by atoms with van der Waals surface area (Å²) in [6.45, 7) is 19.6. The number of hydrogen-bond donors (Lipinski definition) is 4. The summed E-state index contributed by atoms with van der Waals surface area (Å²) in [6, 6.07) is 3.56. The van der Waals surface area contributed by atoms with Gasteiger partial charge < -0.3 is 50.2 Å². The number of benzene rings is 1. The minimum Gasteiger partial charge on any atom is -0.444 e. The molecule has 4 N–H and O–H groups in total. The molecule has 0 bridgehead atoms. The van der Waals surface area contributed by atoms with E-state index in [0.717, 1.165) is 37.8 Å². The first-order valence-corrected chi connectivity index (χ1v) is 24.4. The van der Waals surface area contributed by atoms with Gasteiger partial charge in [0, 0.05) is 47.1 Å². The lowest BCUT2D eigenvalue weighted by Gasteiger charge is -2.41. The Morgan fingerprint density at radius 2 is 1.49 bits per heavy atom. The quantitative estimate of drug-likeness (QED) is 0.122. The van der Waals surface area contributed by atoms with Crippen LogP contribution in [0.25, 0.3) is 0 Å². The minimum absolute atomic E-state index is 0.0173. The molecule has 3 rings (SSSR count). The van der Waals surface area contributed by atoms with E-state index in [4.69, 9.17) is 14.2 Å². The molecule has 0 radical (unpaired) electrons. The van der Waals surface area contributed by atoms with Crippen LogP contribution in [0.15, 0.2) is 24.3 Å². The molecule has 1 aromatic carbocycles. The number of carbonyl (C=O) groups excluding carboxylic acids is 7. The van der Waals surface area contributed by atoms with Crippen molar-refractivity contribution in [1.29, 1.82) is 0 Å². The van der Waals surface area contributed by atoms with Crippen LogP contribution in [0, 0.1) is 17.8 Å². The fourth-order valence-corrected chi connectivity index (χ4v) is 9.28. The molecule has 0 spiro atoms. The Morgan fingerprint density at radius 1 is 0.838 bits per heavy atom. The van der Waals surface area contributed by atoms with Crippen molar-refractivity contribution in [3.8, 4) is 0 Å². The van der Waals surface area contributed by atoms with Crippen LogP contribution in [0.5, 0.6) is 0 Å². The molecule has 18 nitrogen and oxygen atoms in total. The predicted octanol–water partition coefficient (Wildman–Crippen LogP) is 4.20. The van der Waals surface area contributed by atoms with Crippen molar-refractivity contribution in [1.82, 2.24) is 35.6 Å². The summed E-state index contributed by atoms with van der Waals surface area (Å²) in [4.78, 5) is 101. The molecule has 0 aliphatic carbocycles. The molecule has 2 saturated heterocycles. The summed E-state index contributed by atoms with van der Waals surface area (Å²) in [5.74, 6) is -2.45. The van der Waals surface area contributed by atoms with Gasteiger partial charge in [0.15, 0.2) is 0 Å². The van der Waals surface area contributed by atoms with Gasteiger partial charge in [-0.2, -0.15) is 0 Å². The number of rotatable bonds is 23. The summed E-state index contributed by atoms with van der Waals surface area (Å²) in [5.41, 5.74) is 0.656. The molecule has 2 fully saturated rings. The Hall–Kier alpha value is -4.81. The molecule has 68 heavy (non-hydrogen) atoms. The molecular formula is C50H84N8O10. The number of likely N-dealkylation sites (N-methyl/N-ethyl adjacent to an activating group) is 3. The lowest BCUT2D eigenvalue weighted by molar-refractivity contribution is -0.149. The van der Waals surface area contributed by atoms with E-state index in [1.54, 1.807) is 77.9 Å². The molecular weight excluding hydrogens is 873 g/mol. The van der Waals surface area contributed by atoms with Crippen molar-refractivity contribution < 1.29 is 47.8 Å². The third kappa shape index (κ3) is 16.1. The maximum atomic E-state index is 14.4. The second kappa shape index (κ2) is 26.2. The molecule has 0 saturated carbocycles. The van der Waals surface area contributed by atoms with Crippen molar-refractivity contribution in [3.05, 3.63) is 29.8 Å². The predicted molar refractivity (Wildman–Crippen MR) is 261 cm³/mol. The average molecular weight is 957 g/mol. The van der Waals surface area contributed by atoms with Gasteiger partial charge in [-0.15, -0.1) is 0 Å². The highest BCUT2D eigenvalue weighted by atomic mass is 16.6. The topological polar surface area (TPSA) is 208 Å². The van der Waals surface area contributed by atoms with E-state index in [9.17, 15) is 33.6 Å². The highest BCUT2D eigenvalue weighted by molar-refractivity contribution is 5.98. The summed E-state index contributed by atoms with van der Waals surface area (Å²) < 4.78 is 17.3. The number of nitrogens with one attached hydrogen (secondary N) is 4. The Balaban J connectivity index is 1.63. The van der Waals surface area contributed by atoms with Crippen LogP contribution in [-0.2, 0) is 49.4 Å². The Morgan fingerprint density at radius 3 is 2.06 bits per heavy atom. The van der Waals surface area contributed by atoms with E-state index in [1.807, 2.05) is 63.6 Å². The van der Waals surface area contributed by atoms with E-state index in [-0.39, 0.29) is 54.0 Å². The molecule has 18 heteroatoms. The van der Waals surface area contributed by atoms with Gasteiger partial charge in [-0.25, -0.2) is 4.79 Å². The van der Waals surface area contributed by atoms with Crippen LogP contribution in [-0.4, -0.2) is 170 Å². The van der Waals surface area contributed by atoms with Gasteiger partial charge in [-0.1, -0.05) is 53.2 Å². The number of amides is 7. The van der Waals surface area contributed by atoms with E-state index in [1.165, 1.54) is 6.92 Å². The standard InChI is InChI=1S/C50H84N8O10/c1-16-31(4)42(57(13)48(64)41(30(2)3)54-46(62)38-23-18-25-55(38)11)39(66-14)29-40(59)58-26-19-22-37(58)43(67-15)32(5)47(63)56(12)27-24-35-20-17-21-36(28-35)53-45(61)33(6)51-44(60)34(7)52-49(65)68-50(8,9)10/h17,20-21,28,30-34,37-39,41-43H,16,18-19,22-27,29H2,1-15H3,(H,51,60)(H,52,65)(H,53,61)(H,54,62)/t31-,32+,33-,34-,37-,38-,39+,41-,42-,43+/m0/s1. The summed E-state index contributed by atoms with van der Waals surface area (Å²) >= 11 is 0. The molecule has 0 aromatic heterocycles. The molecule has 1 aromatic rings. The van der Waals surface area contributed by atoms with E-state index < -0.39 is 65.8 Å². The second-order valence-corrected chi connectivity index (χ2v) is 20.3. The lowest BCUT2D eigenvalue weighted by atomic mass is 9.89. The SMILES string of the molecule is CC[C@H](C)[C@@H]([C@@H](CC(=O)N1CCC[C@H]1[C@H](OC)[C@@H](C)C(=O)N(C)CCc1cccc(NC(=O)[C@H](C)NC(=O)[C@H](C)NC(=O)OC(C)(C)C)c1)OC)N(C)C(=O)[C@@H](NC(=O)[C@@H]1CCCN1C)C(C)C. The Labute approximate surface area is 405 Å². The van der Waals surface area contributed by atoms with Crippen molar-refractivity contribution in [2.45, 2.75) is 168 Å². The Kier molecular flexibility index (Phi) is 22.2. The number of ether oxygens (including phenoxy) is 3. The number of alkyl carbamates (subject to hydrolysis) is 1. The second-order valence-electron chi connectivity index (χ2n) is 20.3. The zero-order chi connectivity index (χ0) is 51.2. The maximum absolute atomic E-state index is 14.4. The monoisotopic (exact) mass is 957 g/mol. The molecule has 2 heterocycles. The largest absolute Gasteiger partial charge is 0.444 e. The first-order valence-electron chi connectivity index (χ1n) is 24.4. The number of anilines is 1. The van der Waals surface area contributed by atoms with Crippen molar-refractivity contribution in [2.24, 2.45) is 17.8 Å². The molecule has 384 valence electrons. The van der Waals surface area contributed by atoms with Crippen LogP contribution in [0.3, 0.4) is 0 Å². The fourth-order valence-electron chi connectivity index (χ4n) is 9.28. The number of carbonyl (C=O) groups is 7. The number of methoxy groups -OCH3 is 2. The van der Waals surface area contributed by atoms with Crippen LogP contribution < -0.4 is 21.3 Å². The molecule has 2 aliphatic rings. The van der Waals surface area contributed by atoms with Gasteiger partial charge in [0.1, 0.15) is 23.7 Å². The number of hydrogen-bond acceptors (Lipinski definition) is 11. The third-order valence-electron chi connectivity index (χ3n) is 13.5. The highest BCUT2D eigenvalue weighted by Crippen LogP contribution is 2.30. The fraction of sp³-hybridized carbons (Fsp3) is 0.740. The van der Waals surface area contributed by atoms with E-state index >= 15 is 0 Å².